The molecule has 24 heavy (non-hydrogen) atoms. The Bertz CT molecular complexity index is 601. The topological polar surface area (TPSA) is 101 Å². The van der Waals surface area contributed by atoms with E-state index in [9.17, 15) is 13.2 Å². The zero-order chi connectivity index (χ0) is 17.5. The summed E-state index contributed by atoms with van der Waals surface area (Å²) in [7, 11) is -3.47. The average Bonchev–Trinajstić information content (AvgIpc) is 2.86. The smallest absolute Gasteiger partial charge is 0.250 e. The number of carbonyl (C=O) groups excluding carboxylic acids is 1. The van der Waals surface area contributed by atoms with Gasteiger partial charge in [-0.15, -0.1) is 23.7 Å². The van der Waals surface area contributed by atoms with E-state index in [0.29, 0.717) is 42.5 Å². The van der Waals surface area contributed by atoms with Crippen molar-refractivity contribution in [1.29, 1.82) is 0 Å². The van der Waals surface area contributed by atoms with Gasteiger partial charge in [0.25, 0.3) is 0 Å². The predicted octanol–water partition coefficient (Wildman–Crippen LogP) is 1.89. The van der Waals surface area contributed by atoms with Crippen molar-refractivity contribution in [1.82, 2.24) is 10.0 Å². The summed E-state index contributed by atoms with van der Waals surface area (Å²) < 4.78 is 27.1. The molecule has 0 fully saturated rings. The van der Waals surface area contributed by atoms with Crippen LogP contribution in [0.1, 0.15) is 38.5 Å². The van der Waals surface area contributed by atoms with Gasteiger partial charge in [-0.05, 0) is 37.8 Å². The fourth-order valence-corrected chi connectivity index (χ4v) is 4.34. The van der Waals surface area contributed by atoms with E-state index < -0.39 is 10.0 Å². The summed E-state index contributed by atoms with van der Waals surface area (Å²) in [4.78, 5) is 12.5. The number of thiophene rings is 1. The molecule has 0 aromatic carbocycles. The number of nitrogens with one attached hydrogen (secondary N) is 2. The summed E-state index contributed by atoms with van der Waals surface area (Å²) in [6, 6.07) is 3.36. The van der Waals surface area contributed by atoms with Gasteiger partial charge in [0.15, 0.2) is 0 Å². The van der Waals surface area contributed by atoms with Crippen LogP contribution < -0.4 is 15.8 Å². The molecule has 1 aromatic rings. The first-order valence-corrected chi connectivity index (χ1v) is 10.1. The highest BCUT2D eigenvalue weighted by Crippen LogP contribution is 2.21. The minimum absolute atomic E-state index is 0. The van der Waals surface area contributed by atoms with Crippen LogP contribution in [0.2, 0.25) is 0 Å². The third-order valence-corrected chi connectivity index (χ3v) is 6.18. The minimum atomic E-state index is -3.47. The summed E-state index contributed by atoms with van der Waals surface area (Å²) in [6.07, 6.45) is 1.73. The Kier molecular flexibility index (Phi) is 10.7. The highest BCUT2D eigenvalue weighted by molar-refractivity contribution is 7.91. The van der Waals surface area contributed by atoms with E-state index >= 15 is 0 Å². The first-order chi connectivity index (χ1) is 10.7. The maximum absolute atomic E-state index is 12.1. The molecule has 1 heterocycles. The molecule has 0 aliphatic heterocycles. The molecular weight excluding hydrogens is 370 g/mol. The number of carbonyl (C=O) groups is 1. The minimum Gasteiger partial charge on any atom is -0.356 e. The van der Waals surface area contributed by atoms with Gasteiger partial charge in [0.1, 0.15) is 4.21 Å². The molecule has 4 N–H and O–H groups in total. The van der Waals surface area contributed by atoms with E-state index in [1.54, 1.807) is 12.1 Å². The van der Waals surface area contributed by atoms with Gasteiger partial charge in [0, 0.05) is 30.4 Å². The molecular formula is C15H28ClN3O3S2. The van der Waals surface area contributed by atoms with Crippen LogP contribution in [0.25, 0.3) is 0 Å². The zero-order valence-corrected chi connectivity index (χ0v) is 16.8. The first-order valence-electron chi connectivity index (χ1n) is 7.81. The van der Waals surface area contributed by atoms with Gasteiger partial charge < -0.3 is 11.1 Å². The van der Waals surface area contributed by atoms with Crippen LogP contribution in [-0.4, -0.2) is 33.5 Å². The Labute approximate surface area is 155 Å². The maximum atomic E-state index is 12.1. The molecule has 0 saturated heterocycles. The van der Waals surface area contributed by atoms with Crippen molar-refractivity contribution >= 4 is 39.7 Å². The van der Waals surface area contributed by atoms with Gasteiger partial charge >= 0.3 is 0 Å². The van der Waals surface area contributed by atoms with Gasteiger partial charge in [0.2, 0.25) is 15.9 Å². The molecule has 1 amide bonds. The Morgan fingerprint density at radius 3 is 2.50 bits per heavy atom. The van der Waals surface area contributed by atoms with Crippen molar-refractivity contribution in [2.45, 2.75) is 50.3 Å². The normalized spacial score (nSPS) is 12.7. The number of nitrogens with two attached hydrogens (primary N) is 1. The Morgan fingerprint density at radius 1 is 1.25 bits per heavy atom. The van der Waals surface area contributed by atoms with Gasteiger partial charge in [-0.1, -0.05) is 13.8 Å². The van der Waals surface area contributed by atoms with Gasteiger partial charge in [-0.3, -0.25) is 4.79 Å². The van der Waals surface area contributed by atoms with Gasteiger partial charge in [0.05, 0.1) is 0 Å². The van der Waals surface area contributed by atoms with Crippen molar-refractivity contribution in [2.24, 2.45) is 11.7 Å². The van der Waals surface area contributed by atoms with Crippen LogP contribution in [0.5, 0.6) is 0 Å². The van der Waals surface area contributed by atoms with Crippen molar-refractivity contribution < 1.29 is 13.2 Å². The quantitative estimate of drug-likeness (QED) is 0.561. The fourth-order valence-electron chi connectivity index (χ4n) is 1.90. The van der Waals surface area contributed by atoms with Crippen molar-refractivity contribution in [3.8, 4) is 0 Å². The summed E-state index contributed by atoms with van der Waals surface area (Å²) in [6.45, 7) is 6.68. The van der Waals surface area contributed by atoms with Crippen LogP contribution in [0.15, 0.2) is 16.3 Å². The summed E-state index contributed by atoms with van der Waals surface area (Å²) in [5.74, 6) is 0.359. The van der Waals surface area contributed by atoms with Crippen molar-refractivity contribution in [2.75, 3.05) is 13.1 Å². The molecule has 0 radical (unpaired) electrons. The third-order valence-electron chi connectivity index (χ3n) is 3.08. The lowest BCUT2D eigenvalue weighted by Crippen LogP contribution is -2.28. The van der Waals surface area contributed by atoms with Crippen molar-refractivity contribution in [3.63, 3.8) is 0 Å². The molecule has 0 spiro atoms. The molecule has 1 aromatic heterocycles. The van der Waals surface area contributed by atoms with E-state index in [0.717, 1.165) is 4.88 Å². The van der Waals surface area contributed by atoms with E-state index in [1.165, 1.54) is 11.3 Å². The average molecular weight is 398 g/mol. The number of hydrogen-bond acceptors (Lipinski definition) is 5. The number of hydrogen-bond donors (Lipinski definition) is 3. The van der Waals surface area contributed by atoms with E-state index in [-0.39, 0.29) is 24.4 Å². The Morgan fingerprint density at radius 2 is 1.92 bits per heavy atom. The van der Waals surface area contributed by atoms with Gasteiger partial charge in [-0.2, -0.15) is 0 Å². The van der Waals surface area contributed by atoms with Gasteiger partial charge in [-0.25, -0.2) is 13.1 Å². The van der Waals surface area contributed by atoms with E-state index in [4.69, 9.17) is 5.73 Å². The molecule has 0 saturated carbocycles. The van der Waals surface area contributed by atoms with Crippen molar-refractivity contribution in [3.05, 3.63) is 17.0 Å². The Hall–Kier alpha value is -0.670. The van der Waals surface area contributed by atoms with Crippen LogP contribution in [0, 0.1) is 5.92 Å². The molecule has 140 valence electrons. The second-order valence-electron chi connectivity index (χ2n) is 6.08. The molecule has 9 heteroatoms. The van der Waals surface area contributed by atoms with Crippen LogP contribution >= 0.6 is 23.7 Å². The number of sulfonamides is 1. The lowest BCUT2D eigenvalue weighted by atomic mass is 10.1. The second-order valence-corrected chi connectivity index (χ2v) is 9.24. The van der Waals surface area contributed by atoms with Crippen LogP contribution in [-0.2, 0) is 21.2 Å². The molecule has 0 bridgehead atoms. The summed E-state index contributed by atoms with van der Waals surface area (Å²) in [5.41, 5.74) is 5.61. The monoisotopic (exact) mass is 397 g/mol. The standard InChI is InChI=1S/C15H27N3O3S2.ClH/c1-11(2)10-14(19)17-8-7-13-4-5-15(22-13)23(20,21)18-9-6-12(3)16;/h4-5,11-12,18H,6-10,16H2,1-3H3,(H,17,19);1H. The Balaban J connectivity index is 0.00000529. The molecule has 0 aliphatic rings. The fraction of sp³-hybridized carbons (Fsp3) is 0.667. The summed E-state index contributed by atoms with van der Waals surface area (Å²) in [5, 5.41) is 2.85. The maximum Gasteiger partial charge on any atom is 0.250 e. The highest BCUT2D eigenvalue weighted by atomic mass is 35.5. The highest BCUT2D eigenvalue weighted by Gasteiger charge is 2.16. The van der Waals surface area contributed by atoms with E-state index in [2.05, 4.69) is 10.0 Å². The number of halogens is 1. The summed E-state index contributed by atoms with van der Waals surface area (Å²) >= 11 is 1.23. The zero-order valence-electron chi connectivity index (χ0n) is 14.4. The molecule has 1 atom stereocenters. The SMILES string of the molecule is CC(C)CC(=O)NCCc1ccc(S(=O)(=O)NCCC(C)N)s1.Cl. The lowest BCUT2D eigenvalue weighted by molar-refractivity contribution is -0.121. The molecule has 0 aliphatic carbocycles. The lowest BCUT2D eigenvalue weighted by Gasteiger charge is -2.07. The molecule has 1 rings (SSSR count). The van der Waals surface area contributed by atoms with E-state index in [1.807, 2.05) is 20.8 Å². The number of rotatable bonds is 10. The largest absolute Gasteiger partial charge is 0.356 e. The van der Waals surface area contributed by atoms with Crippen LogP contribution in [0.4, 0.5) is 0 Å². The third kappa shape index (κ3) is 8.98. The second kappa shape index (κ2) is 11.0. The molecule has 6 nitrogen and oxygen atoms in total. The number of amides is 1. The first kappa shape index (κ1) is 23.3. The predicted molar refractivity (Wildman–Crippen MR) is 101 cm³/mol. The molecule has 1 unspecified atom stereocenters. The van der Waals surface area contributed by atoms with Crippen LogP contribution in [0.3, 0.4) is 0 Å².